The first kappa shape index (κ1) is 36.9. The highest BCUT2D eigenvalue weighted by molar-refractivity contribution is 7.99. The number of rotatable bonds is 18. The summed E-state index contributed by atoms with van der Waals surface area (Å²) in [5, 5.41) is 5.75. The number of alkyl carbamates (subject to hydrolysis) is 2. The molecule has 0 saturated carbocycles. The molecule has 0 fully saturated rings. The summed E-state index contributed by atoms with van der Waals surface area (Å²) in [7, 11) is 0. The number of ether oxygens (including phenoxy) is 4. The lowest BCUT2D eigenvalue weighted by Gasteiger charge is -2.30. The molecule has 0 aliphatic rings. The Kier molecular flexibility index (Phi) is 16.2. The molecular formula is C30H44N2O8S2. The summed E-state index contributed by atoms with van der Waals surface area (Å²) in [6, 6.07) is 7.54. The second-order valence-electron chi connectivity index (χ2n) is 10.1. The van der Waals surface area contributed by atoms with E-state index >= 15 is 0 Å². The number of carbonyl (C=O) groups is 4. The molecule has 0 aliphatic heterocycles. The predicted octanol–water partition coefficient (Wildman–Crippen LogP) is 5.31. The number of amides is 2. The molecule has 0 bridgehead atoms. The Balaban J connectivity index is 2.55. The van der Waals surface area contributed by atoms with E-state index in [4.69, 9.17) is 18.9 Å². The minimum atomic E-state index is -0.764. The van der Waals surface area contributed by atoms with E-state index in [1.165, 1.54) is 23.5 Å². The zero-order chi connectivity index (χ0) is 31.8. The van der Waals surface area contributed by atoms with E-state index in [-0.39, 0.29) is 13.2 Å². The van der Waals surface area contributed by atoms with E-state index in [0.29, 0.717) is 47.4 Å². The van der Waals surface area contributed by atoms with Gasteiger partial charge in [0.05, 0.1) is 24.3 Å². The number of thioether (sulfide) groups is 2. The molecule has 234 valence electrons. The molecule has 42 heavy (non-hydrogen) atoms. The van der Waals surface area contributed by atoms with Gasteiger partial charge in [0.25, 0.3) is 0 Å². The molecule has 1 rings (SSSR count). The van der Waals surface area contributed by atoms with Gasteiger partial charge in [0.2, 0.25) is 0 Å². The average molecular weight is 625 g/mol. The van der Waals surface area contributed by atoms with Crippen molar-refractivity contribution in [1.82, 2.24) is 10.6 Å². The van der Waals surface area contributed by atoms with Crippen molar-refractivity contribution in [3.05, 3.63) is 59.7 Å². The van der Waals surface area contributed by atoms with Crippen LogP contribution in [0.4, 0.5) is 9.59 Å². The predicted molar refractivity (Wildman–Crippen MR) is 168 cm³/mol. The number of nitrogens with one attached hydrogen (secondary N) is 2. The molecule has 2 amide bonds. The van der Waals surface area contributed by atoms with Crippen molar-refractivity contribution in [3.63, 3.8) is 0 Å². The molecule has 12 heteroatoms. The Bertz CT molecular complexity index is 1020. The number of esters is 2. The summed E-state index contributed by atoms with van der Waals surface area (Å²) in [5.41, 5.74) is 0.842. The monoisotopic (exact) mass is 624 g/mol. The largest absolute Gasteiger partial charge is 0.463 e. The van der Waals surface area contributed by atoms with Gasteiger partial charge >= 0.3 is 24.1 Å². The second kappa shape index (κ2) is 18.4. The van der Waals surface area contributed by atoms with Crippen molar-refractivity contribution in [2.24, 2.45) is 0 Å². The van der Waals surface area contributed by atoms with Crippen LogP contribution in [0.15, 0.2) is 48.6 Å². The zero-order valence-corrected chi connectivity index (χ0v) is 27.1. The lowest BCUT2D eigenvalue weighted by molar-refractivity contribution is -0.139. The minimum absolute atomic E-state index is 0.167. The van der Waals surface area contributed by atoms with Crippen molar-refractivity contribution in [2.75, 3.05) is 49.4 Å². The van der Waals surface area contributed by atoms with Crippen LogP contribution in [0.25, 0.3) is 0 Å². The van der Waals surface area contributed by atoms with Crippen molar-refractivity contribution < 1.29 is 38.1 Å². The van der Waals surface area contributed by atoms with Gasteiger partial charge < -0.3 is 29.6 Å². The van der Waals surface area contributed by atoms with E-state index in [1.807, 2.05) is 52.0 Å². The van der Waals surface area contributed by atoms with Crippen LogP contribution in [0, 0.1) is 0 Å². The van der Waals surface area contributed by atoms with Crippen LogP contribution in [0.1, 0.15) is 52.7 Å². The number of carbonyl (C=O) groups excluding carboxylic acids is 4. The molecule has 0 heterocycles. The number of hydrogen-bond donors (Lipinski definition) is 2. The first-order valence-corrected chi connectivity index (χ1v) is 15.9. The maximum Gasteiger partial charge on any atom is 0.407 e. The van der Waals surface area contributed by atoms with E-state index < -0.39 is 35.2 Å². The van der Waals surface area contributed by atoms with Gasteiger partial charge in [0, 0.05) is 34.2 Å². The Labute approximate surface area is 257 Å². The average Bonchev–Trinajstić information content (AvgIpc) is 2.92. The van der Waals surface area contributed by atoms with E-state index in [1.54, 1.807) is 13.8 Å². The fraction of sp³-hybridized carbons (Fsp3) is 0.533. The van der Waals surface area contributed by atoms with Crippen LogP contribution in [0.5, 0.6) is 0 Å². The third-order valence-corrected chi connectivity index (χ3v) is 7.75. The van der Waals surface area contributed by atoms with Crippen LogP contribution in [-0.2, 0) is 39.6 Å². The summed E-state index contributed by atoms with van der Waals surface area (Å²) < 4.78 is 20.4. The summed E-state index contributed by atoms with van der Waals surface area (Å²) in [6.07, 6.45) is -1.14. The molecule has 2 N–H and O–H groups in total. The summed E-state index contributed by atoms with van der Waals surface area (Å²) >= 11 is 2.84. The molecule has 0 unspecified atom stereocenters. The highest BCUT2D eigenvalue weighted by atomic mass is 32.2. The fourth-order valence-corrected chi connectivity index (χ4v) is 4.80. The quantitative estimate of drug-likeness (QED) is 0.0959. The van der Waals surface area contributed by atoms with Crippen LogP contribution in [0.3, 0.4) is 0 Å². The maximum atomic E-state index is 12.5. The summed E-state index contributed by atoms with van der Waals surface area (Å²) in [6.45, 7) is 19.2. The third kappa shape index (κ3) is 13.7. The van der Waals surface area contributed by atoms with Gasteiger partial charge in [0.15, 0.2) is 0 Å². The van der Waals surface area contributed by atoms with Gasteiger partial charge in [-0.1, -0.05) is 37.4 Å². The van der Waals surface area contributed by atoms with Gasteiger partial charge in [-0.2, -0.15) is 23.5 Å². The van der Waals surface area contributed by atoms with Crippen molar-refractivity contribution >= 4 is 47.6 Å². The Hall–Kier alpha value is -3.12. The molecule has 0 atom stereocenters. The van der Waals surface area contributed by atoms with Crippen molar-refractivity contribution in [1.29, 1.82) is 0 Å². The Morgan fingerprint density at radius 2 is 1.10 bits per heavy atom. The van der Waals surface area contributed by atoms with Gasteiger partial charge in [-0.15, -0.1) is 0 Å². The standard InChI is InChI=1S/C30H44N2O8S2/c1-9-37-25(33)21(3)19-41-16-14-39-27(35)31-29(5,6)23-12-11-13-24(18-23)30(7,8)32-28(36)40-15-17-42-20-22(4)26(34)38-10-2/h11-13,18H,3-4,9-10,14-17,19-20H2,1-2,5-8H3,(H,31,35)(H,32,36). The number of benzene rings is 1. The third-order valence-electron chi connectivity index (χ3n) is 5.74. The van der Waals surface area contributed by atoms with E-state index in [0.717, 1.165) is 11.1 Å². The molecule has 0 spiro atoms. The Morgan fingerprint density at radius 1 is 0.714 bits per heavy atom. The zero-order valence-electron chi connectivity index (χ0n) is 25.5. The van der Waals surface area contributed by atoms with Gasteiger partial charge in [-0.25, -0.2) is 19.2 Å². The topological polar surface area (TPSA) is 129 Å². The van der Waals surface area contributed by atoms with Crippen molar-refractivity contribution in [2.45, 2.75) is 52.6 Å². The molecule has 1 aromatic carbocycles. The fourth-order valence-electron chi connectivity index (χ4n) is 3.39. The summed E-state index contributed by atoms with van der Waals surface area (Å²) in [4.78, 5) is 48.1. The second-order valence-corrected chi connectivity index (χ2v) is 12.3. The maximum absolute atomic E-state index is 12.5. The van der Waals surface area contributed by atoms with Crippen LogP contribution in [-0.4, -0.2) is 73.6 Å². The molecule has 10 nitrogen and oxygen atoms in total. The highest BCUT2D eigenvalue weighted by Crippen LogP contribution is 2.27. The van der Waals surface area contributed by atoms with E-state index in [9.17, 15) is 19.2 Å². The molecule has 0 saturated heterocycles. The molecule has 1 aromatic rings. The normalized spacial score (nSPS) is 11.2. The van der Waals surface area contributed by atoms with Gasteiger partial charge in [-0.05, 0) is 52.7 Å². The van der Waals surface area contributed by atoms with Gasteiger partial charge in [-0.3, -0.25) is 0 Å². The first-order valence-electron chi connectivity index (χ1n) is 13.6. The first-order chi connectivity index (χ1) is 19.7. The highest BCUT2D eigenvalue weighted by Gasteiger charge is 2.28. The number of hydrogen-bond acceptors (Lipinski definition) is 10. The van der Waals surface area contributed by atoms with Crippen LogP contribution in [0.2, 0.25) is 0 Å². The Morgan fingerprint density at radius 3 is 1.45 bits per heavy atom. The summed E-state index contributed by atoms with van der Waals surface area (Å²) in [5.74, 6) is 0.942. The van der Waals surface area contributed by atoms with Crippen LogP contribution < -0.4 is 10.6 Å². The van der Waals surface area contributed by atoms with E-state index in [2.05, 4.69) is 23.8 Å². The minimum Gasteiger partial charge on any atom is -0.463 e. The van der Waals surface area contributed by atoms with Crippen LogP contribution >= 0.6 is 23.5 Å². The lowest BCUT2D eigenvalue weighted by atomic mass is 9.87. The lowest BCUT2D eigenvalue weighted by Crippen LogP contribution is -2.43. The molecule has 0 aliphatic carbocycles. The molecule has 0 radical (unpaired) electrons. The SMILES string of the molecule is C=C(CSCCOC(=O)NC(C)(C)c1cccc(C(C)(C)NC(=O)OCCSCC(=C)C(=O)OCC)c1)C(=O)OCC. The molecule has 0 aromatic heterocycles. The van der Waals surface area contributed by atoms with Gasteiger partial charge in [0.1, 0.15) is 13.2 Å². The smallest absolute Gasteiger partial charge is 0.407 e. The molecular weight excluding hydrogens is 580 g/mol. The van der Waals surface area contributed by atoms with Crippen molar-refractivity contribution in [3.8, 4) is 0 Å².